The highest BCUT2D eigenvalue weighted by Gasteiger charge is 2.49. The molecule has 2 heterocycles. The molecule has 1 fully saturated rings. The molecule has 1 aromatic rings. The molecule has 5 heteroatoms. The van der Waals surface area contributed by atoms with Gasteiger partial charge in [-0.2, -0.15) is 0 Å². The van der Waals surface area contributed by atoms with Crippen LogP contribution in [0.1, 0.15) is 25.5 Å². The lowest BCUT2D eigenvalue weighted by Crippen LogP contribution is -2.31. The molecule has 2 aliphatic rings. The van der Waals surface area contributed by atoms with E-state index in [0.717, 1.165) is 0 Å². The summed E-state index contributed by atoms with van der Waals surface area (Å²) in [4.78, 5) is 25.7. The zero-order valence-electron chi connectivity index (χ0n) is 10.3. The average Bonchev–Trinajstić information content (AvgIpc) is 2.84. The number of aryl methyl sites for hydroxylation is 1. The van der Waals surface area contributed by atoms with Crippen molar-refractivity contribution >= 4 is 17.6 Å². The van der Waals surface area contributed by atoms with Gasteiger partial charge < -0.3 is 4.52 Å². The van der Waals surface area contributed by atoms with E-state index in [1.807, 2.05) is 13.0 Å². The minimum atomic E-state index is -0.224. The molecule has 0 bridgehead atoms. The Labute approximate surface area is 104 Å². The first-order chi connectivity index (χ1) is 8.58. The third-order valence-corrected chi connectivity index (χ3v) is 3.67. The van der Waals surface area contributed by atoms with Crippen LogP contribution in [0.5, 0.6) is 0 Å². The predicted molar refractivity (Wildman–Crippen MR) is 63.7 cm³/mol. The Morgan fingerprint density at radius 2 is 2.00 bits per heavy atom. The van der Waals surface area contributed by atoms with E-state index in [1.165, 1.54) is 10.5 Å². The van der Waals surface area contributed by atoms with Crippen molar-refractivity contribution in [2.45, 2.75) is 26.7 Å². The summed E-state index contributed by atoms with van der Waals surface area (Å²) in [5, 5.41) is 3.77. The van der Waals surface area contributed by atoms with Gasteiger partial charge in [0.15, 0.2) is 5.82 Å². The smallest absolute Gasteiger partial charge is 0.239 e. The first-order valence-electron chi connectivity index (χ1n) is 6.04. The number of aromatic nitrogens is 1. The Bertz CT molecular complexity index is 558. The summed E-state index contributed by atoms with van der Waals surface area (Å²) in [7, 11) is 0. The average molecular weight is 246 g/mol. The monoisotopic (exact) mass is 246 g/mol. The third-order valence-electron chi connectivity index (χ3n) is 3.67. The summed E-state index contributed by atoms with van der Waals surface area (Å²) in [5.41, 5.74) is 1.18. The molecule has 0 spiro atoms. The lowest BCUT2D eigenvalue weighted by molar-refractivity contribution is -0.122. The van der Waals surface area contributed by atoms with Crippen molar-refractivity contribution in [3.63, 3.8) is 0 Å². The fourth-order valence-corrected chi connectivity index (χ4v) is 2.72. The van der Waals surface area contributed by atoms with Crippen molar-refractivity contribution in [2.24, 2.45) is 11.8 Å². The Morgan fingerprint density at radius 3 is 2.67 bits per heavy atom. The number of anilines is 1. The first kappa shape index (κ1) is 11.2. The molecule has 1 aromatic heterocycles. The number of amides is 2. The van der Waals surface area contributed by atoms with E-state index in [1.54, 1.807) is 13.0 Å². The quantitative estimate of drug-likeness (QED) is 0.560. The van der Waals surface area contributed by atoms with E-state index in [4.69, 9.17) is 4.52 Å². The zero-order chi connectivity index (χ0) is 12.9. The van der Waals surface area contributed by atoms with Crippen molar-refractivity contribution in [3.8, 4) is 0 Å². The minimum absolute atomic E-state index is 0.147. The number of carbonyl (C=O) groups excluding carboxylic acids is 2. The second-order valence-corrected chi connectivity index (χ2v) is 5.01. The second kappa shape index (κ2) is 3.80. The van der Waals surface area contributed by atoms with Crippen molar-refractivity contribution in [1.82, 2.24) is 5.16 Å². The van der Waals surface area contributed by atoms with E-state index in [0.29, 0.717) is 24.4 Å². The summed E-state index contributed by atoms with van der Waals surface area (Å²) in [5.74, 6) is 0.162. The number of hydrogen-bond acceptors (Lipinski definition) is 4. The Morgan fingerprint density at radius 1 is 1.28 bits per heavy atom. The van der Waals surface area contributed by atoms with Gasteiger partial charge in [-0.3, -0.25) is 9.59 Å². The lowest BCUT2D eigenvalue weighted by atomic mass is 9.82. The number of nitrogens with zero attached hydrogens (tertiary/aromatic N) is 2. The molecule has 18 heavy (non-hydrogen) atoms. The van der Waals surface area contributed by atoms with Crippen LogP contribution in [-0.4, -0.2) is 17.0 Å². The van der Waals surface area contributed by atoms with E-state index in [9.17, 15) is 9.59 Å². The topological polar surface area (TPSA) is 63.4 Å². The molecule has 0 unspecified atom stereocenters. The van der Waals surface area contributed by atoms with Gasteiger partial charge in [0.25, 0.3) is 0 Å². The maximum absolute atomic E-state index is 12.3. The number of allylic oxidation sites excluding steroid dienone is 2. The summed E-state index contributed by atoms with van der Waals surface area (Å²) < 4.78 is 4.94. The van der Waals surface area contributed by atoms with Gasteiger partial charge in [-0.05, 0) is 26.7 Å². The number of hydrogen-bond donors (Lipinski definition) is 0. The molecule has 0 N–H and O–H groups in total. The van der Waals surface area contributed by atoms with Crippen LogP contribution in [0.4, 0.5) is 5.82 Å². The molecule has 0 aromatic carbocycles. The molecular weight excluding hydrogens is 232 g/mol. The maximum Gasteiger partial charge on any atom is 0.239 e. The summed E-state index contributed by atoms with van der Waals surface area (Å²) in [6, 6.07) is 1.62. The Balaban J connectivity index is 1.96. The van der Waals surface area contributed by atoms with Crippen LogP contribution in [0.15, 0.2) is 22.2 Å². The highest BCUT2D eigenvalue weighted by Crippen LogP contribution is 2.39. The summed E-state index contributed by atoms with van der Waals surface area (Å²) >= 11 is 0. The molecule has 94 valence electrons. The fraction of sp³-hybridized carbons (Fsp3) is 0.462. The predicted octanol–water partition coefficient (Wildman–Crippen LogP) is 1.83. The highest BCUT2D eigenvalue weighted by atomic mass is 16.5. The van der Waals surface area contributed by atoms with Crippen LogP contribution < -0.4 is 4.90 Å². The first-order valence-corrected chi connectivity index (χ1v) is 6.04. The van der Waals surface area contributed by atoms with Crippen molar-refractivity contribution in [3.05, 3.63) is 23.5 Å². The highest BCUT2D eigenvalue weighted by molar-refractivity contribution is 6.21. The van der Waals surface area contributed by atoms with Crippen LogP contribution in [0, 0.1) is 18.8 Å². The molecule has 2 amide bonds. The van der Waals surface area contributed by atoms with Crippen molar-refractivity contribution in [2.75, 3.05) is 4.90 Å². The van der Waals surface area contributed by atoms with Crippen LogP contribution >= 0.6 is 0 Å². The summed E-state index contributed by atoms with van der Waals surface area (Å²) in [6.45, 7) is 3.73. The Hall–Kier alpha value is -1.91. The SMILES string of the molecule is CC1=CC[C@@H]2C(=O)N(c3cc(C)on3)C(=O)[C@@H]2C1. The standard InChI is InChI=1S/C13H14N2O3/c1-7-3-4-9-10(5-7)13(17)15(12(9)16)11-6-8(2)18-14-11/h3,6,9-10H,4-5H2,1-2H3/t9-,10+/m0/s1. The normalized spacial score (nSPS) is 27.4. The van der Waals surface area contributed by atoms with Gasteiger partial charge in [0.2, 0.25) is 11.8 Å². The molecule has 5 nitrogen and oxygen atoms in total. The number of fused-ring (bicyclic) bond motifs is 1. The van der Waals surface area contributed by atoms with Crippen LogP contribution in [0.25, 0.3) is 0 Å². The number of rotatable bonds is 1. The second-order valence-electron chi connectivity index (χ2n) is 5.01. The van der Waals surface area contributed by atoms with Gasteiger partial charge in [-0.15, -0.1) is 0 Å². The molecule has 1 aliphatic carbocycles. The number of imide groups is 1. The molecule has 0 radical (unpaired) electrons. The zero-order valence-corrected chi connectivity index (χ0v) is 10.3. The van der Waals surface area contributed by atoms with Gasteiger partial charge in [-0.25, -0.2) is 4.90 Å². The van der Waals surface area contributed by atoms with Crippen molar-refractivity contribution < 1.29 is 14.1 Å². The Kier molecular flexibility index (Phi) is 2.36. The lowest BCUT2D eigenvalue weighted by Gasteiger charge is -2.18. The van der Waals surface area contributed by atoms with E-state index >= 15 is 0 Å². The van der Waals surface area contributed by atoms with Gasteiger partial charge in [0, 0.05) is 6.07 Å². The van der Waals surface area contributed by atoms with E-state index in [-0.39, 0.29) is 23.7 Å². The summed E-state index contributed by atoms with van der Waals surface area (Å²) in [6.07, 6.45) is 3.36. The maximum atomic E-state index is 12.3. The van der Waals surface area contributed by atoms with Crippen LogP contribution in [0.3, 0.4) is 0 Å². The molecule has 1 saturated heterocycles. The van der Waals surface area contributed by atoms with Gasteiger partial charge in [0.05, 0.1) is 11.8 Å². The fourth-order valence-electron chi connectivity index (χ4n) is 2.72. The van der Waals surface area contributed by atoms with Crippen LogP contribution in [-0.2, 0) is 9.59 Å². The molecular formula is C13H14N2O3. The van der Waals surface area contributed by atoms with Gasteiger partial charge in [-0.1, -0.05) is 16.8 Å². The third kappa shape index (κ3) is 1.50. The van der Waals surface area contributed by atoms with E-state index in [2.05, 4.69) is 5.16 Å². The molecule has 0 saturated carbocycles. The van der Waals surface area contributed by atoms with Gasteiger partial charge >= 0.3 is 0 Å². The molecule has 1 aliphatic heterocycles. The number of carbonyl (C=O) groups is 2. The largest absolute Gasteiger partial charge is 0.360 e. The van der Waals surface area contributed by atoms with Gasteiger partial charge in [0.1, 0.15) is 5.76 Å². The van der Waals surface area contributed by atoms with Crippen LogP contribution in [0.2, 0.25) is 0 Å². The van der Waals surface area contributed by atoms with Crippen molar-refractivity contribution in [1.29, 1.82) is 0 Å². The minimum Gasteiger partial charge on any atom is -0.360 e. The molecule has 2 atom stereocenters. The van der Waals surface area contributed by atoms with E-state index < -0.39 is 0 Å². The molecule has 3 rings (SSSR count).